The quantitative estimate of drug-likeness (QED) is 0.533. The highest BCUT2D eigenvalue weighted by atomic mass is 35.5. The number of nitrogens with one attached hydrogen (secondary N) is 1. The average Bonchev–Trinajstić information content (AvgIpc) is 2.33. The van der Waals surface area contributed by atoms with Gasteiger partial charge in [-0.25, -0.2) is 0 Å². The second-order valence-electron chi connectivity index (χ2n) is 4.85. The van der Waals surface area contributed by atoms with Gasteiger partial charge in [0.1, 0.15) is 5.75 Å². The van der Waals surface area contributed by atoms with Gasteiger partial charge in [0.25, 0.3) is 0 Å². The van der Waals surface area contributed by atoms with Gasteiger partial charge < -0.3 is 10.1 Å². The molecule has 0 aliphatic carbocycles. The summed E-state index contributed by atoms with van der Waals surface area (Å²) in [5.74, 6) is 1.28. The van der Waals surface area contributed by atoms with Crippen LogP contribution in [0.2, 0.25) is 15.1 Å². The van der Waals surface area contributed by atoms with E-state index in [1.807, 2.05) is 0 Å². The predicted molar refractivity (Wildman–Crippen MR) is 83.9 cm³/mol. The van der Waals surface area contributed by atoms with Crippen LogP contribution in [0.15, 0.2) is 12.1 Å². The van der Waals surface area contributed by atoms with E-state index in [1.165, 1.54) is 0 Å². The zero-order chi connectivity index (χ0) is 14.3. The molecule has 0 saturated heterocycles. The first-order chi connectivity index (χ1) is 9.00. The average molecular weight is 325 g/mol. The molecule has 5 heteroatoms. The van der Waals surface area contributed by atoms with Crippen molar-refractivity contribution < 1.29 is 4.74 Å². The summed E-state index contributed by atoms with van der Waals surface area (Å²) in [5.41, 5.74) is 0. The lowest BCUT2D eigenvalue weighted by Crippen LogP contribution is -2.21. The van der Waals surface area contributed by atoms with E-state index in [1.54, 1.807) is 12.1 Å². The van der Waals surface area contributed by atoms with Crippen LogP contribution >= 0.6 is 34.8 Å². The SMILES string of the molecule is CC(C)CNCCCCOc1cc(Cl)c(Cl)cc1Cl. The zero-order valence-corrected chi connectivity index (χ0v) is 13.6. The van der Waals surface area contributed by atoms with E-state index in [0.717, 1.165) is 25.9 Å². The number of halogens is 3. The molecule has 0 fully saturated rings. The third kappa shape index (κ3) is 6.71. The maximum atomic E-state index is 6.02. The fourth-order valence-corrected chi connectivity index (χ4v) is 2.13. The Bertz CT molecular complexity index is 397. The lowest BCUT2D eigenvalue weighted by molar-refractivity contribution is 0.305. The van der Waals surface area contributed by atoms with Crippen molar-refractivity contribution in [3.8, 4) is 5.75 Å². The van der Waals surface area contributed by atoms with Crippen molar-refractivity contribution in [3.63, 3.8) is 0 Å². The Balaban J connectivity index is 2.21. The molecule has 0 aromatic heterocycles. The molecule has 1 N–H and O–H groups in total. The van der Waals surface area contributed by atoms with Crippen molar-refractivity contribution in [3.05, 3.63) is 27.2 Å². The van der Waals surface area contributed by atoms with Crippen molar-refractivity contribution in [1.29, 1.82) is 0 Å². The molecule has 0 aliphatic rings. The lowest BCUT2D eigenvalue weighted by atomic mass is 10.2. The Labute approximate surface area is 130 Å². The van der Waals surface area contributed by atoms with E-state index in [0.29, 0.717) is 33.3 Å². The van der Waals surface area contributed by atoms with E-state index in [2.05, 4.69) is 19.2 Å². The fraction of sp³-hybridized carbons (Fsp3) is 0.571. The van der Waals surface area contributed by atoms with Crippen molar-refractivity contribution in [1.82, 2.24) is 5.32 Å². The molecular formula is C14H20Cl3NO. The minimum absolute atomic E-state index is 0.442. The predicted octanol–water partition coefficient (Wildman–Crippen LogP) is 5.05. The first kappa shape index (κ1) is 16.9. The number of benzene rings is 1. The van der Waals surface area contributed by atoms with Crippen LogP contribution in [0.5, 0.6) is 5.75 Å². The number of hydrogen-bond donors (Lipinski definition) is 1. The molecular weight excluding hydrogens is 305 g/mol. The normalized spacial score (nSPS) is 11.1. The molecule has 0 spiro atoms. The van der Waals surface area contributed by atoms with E-state index in [-0.39, 0.29) is 0 Å². The lowest BCUT2D eigenvalue weighted by Gasteiger charge is -2.10. The van der Waals surface area contributed by atoms with Gasteiger partial charge in [0.05, 0.1) is 21.7 Å². The molecule has 0 atom stereocenters. The number of hydrogen-bond acceptors (Lipinski definition) is 2. The summed E-state index contributed by atoms with van der Waals surface area (Å²) in [5, 5.41) is 4.78. The molecule has 1 aromatic carbocycles. The van der Waals surface area contributed by atoms with Gasteiger partial charge in [-0.15, -0.1) is 0 Å². The topological polar surface area (TPSA) is 21.3 Å². The van der Waals surface area contributed by atoms with E-state index < -0.39 is 0 Å². The molecule has 0 bridgehead atoms. The van der Waals surface area contributed by atoms with Gasteiger partial charge >= 0.3 is 0 Å². The summed E-state index contributed by atoms with van der Waals surface area (Å²) in [7, 11) is 0. The van der Waals surface area contributed by atoms with E-state index in [4.69, 9.17) is 39.5 Å². The van der Waals surface area contributed by atoms with Gasteiger partial charge in [-0.1, -0.05) is 48.7 Å². The molecule has 0 amide bonds. The van der Waals surface area contributed by atoms with Crippen LogP contribution in [0, 0.1) is 5.92 Å². The van der Waals surface area contributed by atoms with Gasteiger partial charge in [0.2, 0.25) is 0 Å². The molecule has 0 aliphatic heterocycles. The molecule has 0 unspecified atom stereocenters. The zero-order valence-electron chi connectivity index (χ0n) is 11.3. The fourth-order valence-electron chi connectivity index (χ4n) is 1.54. The highest BCUT2D eigenvalue weighted by molar-refractivity contribution is 6.43. The van der Waals surface area contributed by atoms with Crippen LogP contribution in [0.1, 0.15) is 26.7 Å². The van der Waals surface area contributed by atoms with Gasteiger partial charge in [-0.05, 0) is 37.9 Å². The van der Waals surface area contributed by atoms with E-state index >= 15 is 0 Å². The van der Waals surface area contributed by atoms with Crippen LogP contribution in [0.4, 0.5) is 0 Å². The summed E-state index contributed by atoms with van der Waals surface area (Å²) >= 11 is 17.8. The molecule has 108 valence electrons. The summed E-state index contributed by atoms with van der Waals surface area (Å²) in [6, 6.07) is 3.26. The van der Waals surface area contributed by atoms with Gasteiger partial charge in [0.15, 0.2) is 0 Å². The molecule has 0 heterocycles. The number of unbranched alkanes of at least 4 members (excludes halogenated alkanes) is 1. The minimum Gasteiger partial charge on any atom is -0.492 e. The van der Waals surface area contributed by atoms with E-state index in [9.17, 15) is 0 Å². The van der Waals surface area contributed by atoms with Gasteiger partial charge in [-0.2, -0.15) is 0 Å². The van der Waals surface area contributed by atoms with Crippen LogP contribution in [-0.2, 0) is 0 Å². The Morgan fingerprint density at radius 2 is 1.74 bits per heavy atom. The van der Waals surface area contributed by atoms with Crippen LogP contribution in [0.25, 0.3) is 0 Å². The highest BCUT2D eigenvalue weighted by Gasteiger charge is 2.06. The number of rotatable bonds is 8. The first-order valence-electron chi connectivity index (χ1n) is 6.48. The van der Waals surface area contributed by atoms with Gasteiger partial charge in [0, 0.05) is 6.07 Å². The second kappa shape index (κ2) is 8.91. The largest absolute Gasteiger partial charge is 0.492 e. The molecule has 1 rings (SSSR count). The smallest absolute Gasteiger partial charge is 0.139 e. The maximum absolute atomic E-state index is 6.02. The van der Waals surface area contributed by atoms with Crippen molar-refractivity contribution in [2.75, 3.05) is 19.7 Å². The molecule has 2 nitrogen and oxygen atoms in total. The molecule has 0 radical (unpaired) electrons. The van der Waals surface area contributed by atoms with Crippen molar-refractivity contribution in [2.24, 2.45) is 5.92 Å². The molecule has 0 saturated carbocycles. The minimum atomic E-state index is 0.442. The summed E-state index contributed by atoms with van der Waals surface area (Å²) < 4.78 is 5.60. The molecule has 19 heavy (non-hydrogen) atoms. The van der Waals surface area contributed by atoms with Crippen molar-refractivity contribution >= 4 is 34.8 Å². The standard InChI is InChI=1S/C14H20Cl3NO/c1-10(2)9-18-5-3-4-6-19-14-8-12(16)11(15)7-13(14)17/h7-8,10,18H,3-6,9H2,1-2H3. The first-order valence-corrected chi connectivity index (χ1v) is 7.62. The Hall–Kier alpha value is -0.150. The van der Waals surface area contributed by atoms with Crippen LogP contribution < -0.4 is 10.1 Å². The van der Waals surface area contributed by atoms with Crippen LogP contribution in [0.3, 0.4) is 0 Å². The highest BCUT2D eigenvalue weighted by Crippen LogP contribution is 2.33. The monoisotopic (exact) mass is 323 g/mol. The Kier molecular flexibility index (Phi) is 7.93. The number of ether oxygens (including phenoxy) is 1. The Morgan fingerprint density at radius 3 is 2.42 bits per heavy atom. The second-order valence-corrected chi connectivity index (χ2v) is 6.07. The summed E-state index contributed by atoms with van der Waals surface area (Å²) in [6.07, 6.45) is 2.05. The van der Waals surface area contributed by atoms with Crippen molar-refractivity contribution in [2.45, 2.75) is 26.7 Å². The van der Waals surface area contributed by atoms with Gasteiger partial charge in [-0.3, -0.25) is 0 Å². The molecule has 1 aromatic rings. The third-order valence-electron chi connectivity index (χ3n) is 2.53. The Morgan fingerprint density at radius 1 is 1.05 bits per heavy atom. The summed E-state index contributed by atoms with van der Waals surface area (Å²) in [6.45, 7) is 7.09. The van der Waals surface area contributed by atoms with Crippen LogP contribution in [-0.4, -0.2) is 19.7 Å². The maximum Gasteiger partial charge on any atom is 0.139 e. The third-order valence-corrected chi connectivity index (χ3v) is 3.55. The summed E-state index contributed by atoms with van der Waals surface area (Å²) in [4.78, 5) is 0.